The third-order valence-electron chi connectivity index (χ3n) is 3.96. The fraction of sp³-hybridized carbons (Fsp3) is 0.533. The average molecular weight is 345 g/mol. The first-order valence-corrected chi connectivity index (χ1v) is 6.94. The molecule has 0 aromatic heterocycles. The number of hydrogen-bond donors (Lipinski definition) is 1. The van der Waals surface area contributed by atoms with Gasteiger partial charge in [0.05, 0.1) is 25.2 Å². The van der Waals surface area contributed by atoms with E-state index >= 15 is 0 Å². The number of carbonyl (C=O) groups is 1. The standard InChI is InChI=1S/C15H24N2O2.BrH/c1-4-17(5-2,6-3)11-12-19-15(18)13-7-9-14(16)10-8-13;/h7-10H,4-6,11-12H2,1-3H3,(H-,16,18);1H. The fourth-order valence-corrected chi connectivity index (χ4v) is 2.18. The van der Waals surface area contributed by atoms with Crippen molar-refractivity contribution < 1.29 is 31.0 Å². The largest absolute Gasteiger partial charge is 1.00 e. The Balaban J connectivity index is 0.00000361. The van der Waals surface area contributed by atoms with Crippen molar-refractivity contribution in [3.63, 3.8) is 0 Å². The number of esters is 1. The molecule has 114 valence electrons. The highest BCUT2D eigenvalue weighted by atomic mass is 79.9. The van der Waals surface area contributed by atoms with Gasteiger partial charge in [-0.25, -0.2) is 4.79 Å². The van der Waals surface area contributed by atoms with Crippen molar-refractivity contribution in [2.45, 2.75) is 20.8 Å². The quantitative estimate of drug-likeness (QED) is 0.404. The molecule has 0 aliphatic heterocycles. The number of benzene rings is 1. The number of halogens is 1. The summed E-state index contributed by atoms with van der Waals surface area (Å²) >= 11 is 0. The van der Waals surface area contributed by atoms with E-state index in [4.69, 9.17) is 10.5 Å². The van der Waals surface area contributed by atoms with Gasteiger partial charge in [0, 0.05) is 5.69 Å². The van der Waals surface area contributed by atoms with Gasteiger partial charge in [0.1, 0.15) is 13.2 Å². The second kappa shape index (κ2) is 8.97. The molecule has 0 atom stereocenters. The van der Waals surface area contributed by atoms with Gasteiger partial charge >= 0.3 is 5.97 Å². The lowest BCUT2D eigenvalue weighted by atomic mass is 10.2. The number of nitrogens with two attached hydrogens (primary N) is 1. The number of rotatable bonds is 7. The van der Waals surface area contributed by atoms with Crippen LogP contribution in [-0.2, 0) is 4.74 Å². The molecule has 0 saturated heterocycles. The Kier molecular flexibility index (Phi) is 8.49. The molecular formula is C15H25BrN2O2. The molecule has 2 N–H and O–H groups in total. The molecular weight excluding hydrogens is 320 g/mol. The molecule has 0 unspecified atom stereocenters. The maximum Gasteiger partial charge on any atom is 0.338 e. The van der Waals surface area contributed by atoms with E-state index in [9.17, 15) is 4.79 Å². The monoisotopic (exact) mass is 344 g/mol. The number of carbonyl (C=O) groups excluding carboxylic acids is 1. The smallest absolute Gasteiger partial charge is 0.338 e. The Morgan fingerprint density at radius 3 is 2.05 bits per heavy atom. The van der Waals surface area contributed by atoms with Crippen molar-refractivity contribution in [2.75, 3.05) is 38.5 Å². The maximum atomic E-state index is 11.8. The average Bonchev–Trinajstić information content (AvgIpc) is 2.45. The fourth-order valence-electron chi connectivity index (χ4n) is 2.18. The molecule has 4 nitrogen and oxygen atoms in total. The van der Waals surface area contributed by atoms with Crippen molar-refractivity contribution >= 4 is 11.7 Å². The van der Waals surface area contributed by atoms with Crippen LogP contribution in [-0.4, -0.2) is 43.2 Å². The first-order chi connectivity index (χ1) is 9.06. The highest BCUT2D eigenvalue weighted by molar-refractivity contribution is 5.89. The van der Waals surface area contributed by atoms with Crippen LogP contribution in [0.4, 0.5) is 5.69 Å². The van der Waals surface area contributed by atoms with Crippen LogP contribution < -0.4 is 22.7 Å². The highest BCUT2D eigenvalue weighted by Crippen LogP contribution is 2.08. The van der Waals surface area contributed by atoms with Crippen LogP contribution in [0.5, 0.6) is 0 Å². The van der Waals surface area contributed by atoms with Gasteiger partial charge in [-0.2, -0.15) is 0 Å². The van der Waals surface area contributed by atoms with E-state index in [2.05, 4.69) is 20.8 Å². The van der Waals surface area contributed by atoms with Crippen molar-refractivity contribution in [1.82, 2.24) is 0 Å². The lowest BCUT2D eigenvalue weighted by Gasteiger charge is -2.35. The molecule has 20 heavy (non-hydrogen) atoms. The van der Waals surface area contributed by atoms with Gasteiger partial charge in [-0.15, -0.1) is 0 Å². The molecule has 0 fully saturated rings. The van der Waals surface area contributed by atoms with Crippen molar-refractivity contribution in [1.29, 1.82) is 0 Å². The summed E-state index contributed by atoms with van der Waals surface area (Å²) in [5, 5.41) is 0. The zero-order valence-corrected chi connectivity index (χ0v) is 14.1. The van der Waals surface area contributed by atoms with E-state index in [-0.39, 0.29) is 23.0 Å². The lowest BCUT2D eigenvalue weighted by Crippen LogP contribution is -3.00. The Bertz CT molecular complexity index is 395. The highest BCUT2D eigenvalue weighted by Gasteiger charge is 2.21. The third-order valence-corrected chi connectivity index (χ3v) is 3.96. The van der Waals surface area contributed by atoms with Crippen molar-refractivity contribution in [3.05, 3.63) is 29.8 Å². The Hall–Kier alpha value is -1.07. The molecule has 0 amide bonds. The summed E-state index contributed by atoms with van der Waals surface area (Å²) in [4.78, 5) is 11.8. The summed E-state index contributed by atoms with van der Waals surface area (Å²) < 4.78 is 6.31. The predicted octanol–water partition coefficient (Wildman–Crippen LogP) is -0.694. The van der Waals surface area contributed by atoms with Gasteiger partial charge in [-0.1, -0.05) is 0 Å². The normalized spacial score (nSPS) is 10.8. The molecule has 1 aromatic carbocycles. The van der Waals surface area contributed by atoms with E-state index in [1.54, 1.807) is 24.3 Å². The number of likely N-dealkylation sites (N-methyl/N-ethyl adjacent to an activating group) is 1. The summed E-state index contributed by atoms with van der Waals surface area (Å²) in [7, 11) is 0. The van der Waals surface area contributed by atoms with Crippen LogP contribution in [0.2, 0.25) is 0 Å². The molecule has 0 aliphatic rings. The molecule has 0 spiro atoms. The van der Waals surface area contributed by atoms with E-state index < -0.39 is 0 Å². The number of ether oxygens (including phenoxy) is 1. The number of nitrogens with zero attached hydrogens (tertiary/aromatic N) is 1. The summed E-state index contributed by atoms with van der Waals surface area (Å²) in [5.41, 5.74) is 6.78. The molecule has 5 heteroatoms. The molecule has 1 rings (SSSR count). The number of anilines is 1. The molecule has 0 bridgehead atoms. The van der Waals surface area contributed by atoms with Crippen molar-refractivity contribution in [3.8, 4) is 0 Å². The number of nitrogen functional groups attached to an aromatic ring is 1. The predicted molar refractivity (Wildman–Crippen MR) is 77.9 cm³/mol. The minimum atomic E-state index is -0.276. The Morgan fingerprint density at radius 2 is 1.60 bits per heavy atom. The summed E-state index contributed by atoms with van der Waals surface area (Å²) in [6, 6.07) is 6.81. The topological polar surface area (TPSA) is 52.3 Å². The summed E-state index contributed by atoms with van der Waals surface area (Å²) in [5.74, 6) is -0.276. The van der Waals surface area contributed by atoms with Crippen LogP contribution in [0.1, 0.15) is 31.1 Å². The first kappa shape index (κ1) is 18.9. The Morgan fingerprint density at radius 1 is 1.10 bits per heavy atom. The van der Waals surface area contributed by atoms with Gasteiger partial charge in [0.15, 0.2) is 0 Å². The zero-order chi connectivity index (χ0) is 14.3. The summed E-state index contributed by atoms with van der Waals surface area (Å²) in [6.45, 7) is 11.0. The zero-order valence-electron chi connectivity index (χ0n) is 12.6. The third kappa shape index (κ3) is 5.13. The number of hydrogen-bond acceptors (Lipinski definition) is 3. The van der Waals surface area contributed by atoms with E-state index in [0.29, 0.717) is 17.9 Å². The van der Waals surface area contributed by atoms with E-state index in [1.807, 2.05) is 0 Å². The lowest BCUT2D eigenvalue weighted by molar-refractivity contribution is -0.923. The number of quaternary nitrogens is 1. The van der Waals surface area contributed by atoms with Gasteiger partial charge in [-0.05, 0) is 45.0 Å². The maximum absolute atomic E-state index is 11.8. The second-order valence-corrected chi connectivity index (χ2v) is 4.77. The van der Waals surface area contributed by atoms with Crippen LogP contribution in [0, 0.1) is 0 Å². The van der Waals surface area contributed by atoms with Crippen LogP contribution in [0.25, 0.3) is 0 Å². The minimum absolute atomic E-state index is 0. The molecule has 0 saturated carbocycles. The molecule has 0 aliphatic carbocycles. The van der Waals surface area contributed by atoms with Crippen molar-refractivity contribution in [2.24, 2.45) is 0 Å². The molecule has 0 radical (unpaired) electrons. The Labute approximate surface area is 132 Å². The van der Waals surface area contributed by atoms with Gasteiger partial charge in [0.2, 0.25) is 0 Å². The second-order valence-electron chi connectivity index (χ2n) is 4.77. The van der Waals surface area contributed by atoms with Gasteiger partial charge in [0.25, 0.3) is 0 Å². The van der Waals surface area contributed by atoms with Crippen LogP contribution in [0.3, 0.4) is 0 Å². The SMILES string of the molecule is CC[N+](CC)(CC)CCOC(=O)c1ccc(N)cc1.[Br-]. The van der Waals surface area contributed by atoms with Crippen LogP contribution >= 0.6 is 0 Å². The van der Waals surface area contributed by atoms with Gasteiger partial charge in [-0.3, -0.25) is 0 Å². The van der Waals surface area contributed by atoms with Crippen LogP contribution in [0.15, 0.2) is 24.3 Å². The summed E-state index contributed by atoms with van der Waals surface area (Å²) in [6.07, 6.45) is 0. The van der Waals surface area contributed by atoms with E-state index in [1.165, 1.54) is 0 Å². The van der Waals surface area contributed by atoms with Gasteiger partial charge < -0.3 is 31.9 Å². The molecule has 0 heterocycles. The minimum Gasteiger partial charge on any atom is -1.00 e. The first-order valence-electron chi connectivity index (χ1n) is 6.94. The molecule has 1 aromatic rings. The van der Waals surface area contributed by atoms with E-state index in [0.717, 1.165) is 30.7 Å².